The van der Waals surface area contributed by atoms with Gasteiger partial charge in [-0.3, -0.25) is 24.1 Å². The highest BCUT2D eigenvalue weighted by Crippen LogP contribution is 2.30. The number of fused-ring (bicyclic) bond motifs is 1. The van der Waals surface area contributed by atoms with Gasteiger partial charge in [-0.05, 0) is 64.7 Å². The van der Waals surface area contributed by atoms with Gasteiger partial charge in [-0.2, -0.15) is 0 Å². The largest absolute Gasteiger partial charge is 0.349 e. The predicted molar refractivity (Wildman–Crippen MR) is 118 cm³/mol. The summed E-state index contributed by atoms with van der Waals surface area (Å²) in [6, 6.07) is 4.65. The molecule has 2 aliphatic heterocycles. The maximum atomic E-state index is 12.8. The number of hydrogen-bond donors (Lipinski definition) is 1. The lowest BCUT2D eigenvalue weighted by Crippen LogP contribution is -2.48. The quantitative estimate of drug-likeness (QED) is 0.731. The van der Waals surface area contributed by atoms with E-state index in [1.54, 1.807) is 12.1 Å². The van der Waals surface area contributed by atoms with E-state index in [9.17, 15) is 19.2 Å². The number of carbonyl (C=O) groups is 4. The molecule has 31 heavy (non-hydrogen) atoms. The van der Waals surface area contributed by atoms with Crippen LogP contribution in [0.15, 0.2) is 18.2 Å². The molecular formula is C24H33N3O4. The van der Waals surface area contributed by atoms with Crippen molar-refractivity contribution in [1.29, 1.82) is 0 Å². The monoisotopic (exact) mass is 427 g/mol. The maximum Gasteiger partial charge on any atom is 0.262 e. The van der Waals surface area contributed by atoms with E-state index in [2.05, 4.69) is 5.32 Å². The molecule has 7 nitrogen and oxygen atoms in total. The van der Waals surface area contributed by atoms with Gasteiger partial charge >= 0.3 is 0 Å². The molecule has 1 fully saturated rings. The molecule has 0 radical (unpaired) electrons. The average molecular weight is 428 g/mol. The summed E-state index contributed by atoms with van der Waals surface area (Å²) in [5.41, 5.74) is 0.351. The normalized spacial score (nSPS) is 17.4. The highest BCUT2D eigenvalue weighted by atomic mass is 16.2. The molecule has 0 aliphatic carbocycles. The summed E-state index contributed by atoms with van der Waals surface area (Å²) in [4.78, 5) is 53.8. The van der Waals surface area contributed by atoms with E-state index in [0.717, 1.165) is 12.8 Å². The van der Waals surface area contributed by atoms with E-state index in [0.29, 0.717) is 37.1 Å². The third-order valence-corrected chi connectivity index (χ3v) is 6.30. The second kappa shape index (κ2) is 8.81. The molecule has 1 N–H and O–H groups in total. The number of benzene rings is 1. The topological polar surface area (TPSA) is 86.8 Å². The number of imide groups is 1. The van der Waals surface area contributed by atoms with Crippen molar-refractivity contribution in [1.82, 2.24) is 15.1 Å². The zero-order valence-corrected chi connectivity index (χ0v) is 19.2. The number of nitrogens with zero attached hydrogens (tertiary/aromatic N) is 2. The first-order chi connectivity index (χ1) is 14.6. The molecule has 1 aromatic rings. The lowest BCUT2D eigenvalue weighted by molar-refractivity contribution is -0.136. The zero-order valence-electron chi connectivity index (χ0n) is 19.2. The van der Waals surface area contributed by atoms with E-state index >= 15 is 0 Å². The zero-order chi connectivity index (χ0) is 22.9. The van der Waals surface area contributed by atoms with E-state index in [4.69, 9.17) is 0 Å². The van der Waals surface area contributed by atoms with Crippen LogP contribution in [0.2, 0.25) is 0 Å². The van der Waals surface area contributed by atoms with Gasteiger partial charge in [-0.15, -0.1) is 0 Å². The minimum Gasteiger partial charge on any atom is -0.349 e. The Morgan fingerprint density at radius 1 is 1.03 bits per heavy atom. The Balaban J connectivity index is 1.64. The number of piperidine rings is 1. The number of carbonyl (C=O) groups excluding carboxylic acids is 4. The van der Waals surface area contributed by atoms with Gasteiger partial charge in [0.2, 0.25) is 5.91 Å². The summed E-state index contributed by atoms with van der Waals surface area (Å²) in [7, 11) is 0. The van der Waals surface area contributed by atoms with Gasteiger partial charge in [0.1, 0.15) is 0 Å². The van der Waals surface area contributed by atoms with Gasteiger partial charge in [0, 0.05) is 36.2 Å². The fraction of sp³-hybridized carbons (Fsp3) is 0.583. The van der Waals surface area contributed by atoms with Crippen LogP contribution in [0.25, 0.3) is 0 Å². The molecule has 3 rings (SSSR count). The van der Waals surface area contributed by atoms with Gasteiger partial charge in [0.05, 0.1) is 11.1 Å². The molecule has 0 spiro atoms. The molecule has 0 saturated carbocycles. The van der Waals surface area contributed by atoms with Crippen LogP contribution in [0.4, 0.5) is 0 Å². The Morgan fingerprint density at radius 3 is 2.16 bits per heavy atom. The molecule has 0 atom stereocenters. The molecule has 168 valence electrons. The van der Waals surface area contributed by atoms with Gasteiger partial charge in [-0.1, -0.05) is 13.8 Å². The van der Waals surface area contributed by atoms with Crippen LogP contribution in [0.3, 0.4) is 0 Å². The average Bonchev–Trinajstić information content (AvgIpc) is 2.99. The van der Waals surface area contributed by atoms with E-state index in [-0.39, 0.29) is 41.2 Å². The summed E-state index contributed by atoms with van der Waals surface area (Å²) in [5, 5.41) is 3.02. The Bertz CT molecular complexity index is 891. The molecule has 1 saturated heterocycles. The van der Waals surface area contributed by atoms with E-state index in [1.165, 1.54) is 11.0 Å². The number of likely N-dealkylation sites (tertiary alicyclic amines) is 1. The van der Waals surface area contributed by atoms with Crippen molar-refractivity contribution in [3.63, 3.8) is 0 Å². The van der Waals surface area contributed by atoms with Gasteiger partial charge in [-0.25, -0.2) is 0 Å². The minimum absolute atomic E-state index is 0.0186. The molecule has 0 unspecified atom stereocenters. The van der Waals surface area contributed by atoms with Crippen molar-refractivity contribution in [3.05, 3.63) is 34.9 Å². The third-order valence-electron chi connectivity index (χ3n) is 6.30. The molecule has 1 aromatic carbocycles. The number of amides is 4. The molecular weight excluding hydrogens is 394 g/mol. The minimum atomic E-state index is -0.629. The lowest BCUT2D eigenvalue weighted by Gasteiger charge is -2.34. The first-order valence-electron chi connectivity index (χ1n) is 11.2. The Hall–Kier alpha value is -2.70. The fourth-order valence-corrected chi connectivity index (χ4v) is 4.40. The van der Waals surface area contributed by atoms with Crippen LogP contribution in [-0.4, -0.2) is 58.1 Å². The van der Waals surface area contributed by atoms with Crippen molar-refractivity contribution >= 4 is 23.6 Å². The molecule has 0 aromatic heterocycles. The van der Waals surface area contributed by atoms with Crippen LogP contribution >= 0.6 is 0 Å². The summed E-state index contributed by atoms with van der Waals surface area (Å²) in [6.45, 7) is 10.8. The molecule has 2 heterocycles. The van der Waals surface area contributed by atoms with Crippen LogP contribution in [0.1, 0.15) is 91.4 Å². The first kappa shape index (κ1) is 23.0. The van der Waals surface area contributed by atoms with Crippen LogP contribution in [0, 0.1) is 5.92 Å². The summed E-state index contributed by atoms with van der Waals surface area (Å²) >= 11 is 0. The second-order valence-electron chi connectivity index (χ2n) is 9.46. The molecule has 2 aliphatic rings. The highest BCUT2D eigenvalue weighted by molar-refractivity contribution is 6.22. The second-order valence-corrected chi connectivity index (χ2v) is 9.46. The SMILES string of the molecule is CCC(CC)C(=O)N1CCC(NC(=O)c2ccc3c(c2)C(=O)N(C(C)(C)C)C3=O)CC1. The van der Waals surface area contributed by atoms with E-state index in [1.807, 2.05) is 39.5 Å². The number of hydrogen-bond acceptors (Lipinski definition) is 4. The van der Waals surface area contributed by atoms with Crippen molar-refractivity contribution in [2.75, 3.05) is 13.1 Å². The first-order valence-corrected chi connectivity index (χ1v) is 11.2. The highest BCUT2D eigenvalue weighted by Gasteiger charge is 2.42. The fourth-order valence-electron chi connectivity index (χ4n) is 4.40. The molecule has 7 heteroatoms. The predicted octanol–water partition coefficient (Wildman–Crippen LogP) is 3.24. The van der Waals surface area contributed by atoms with Crippen molar-refractivity contribution in [3.8, 4) is 0 Å². The number of nitrogens with one attached hydrogen (secondary N) is 1. The summed E-state index contributed by atoms with van der Waals surface area (Å²) in [5.74, 6) is -0.670. The molecule has 0 bridgehead atoms. The van der Waals surface area contributed by atoms with Crippen LogP contribution in [0.5, 0.6) is 0 Å². The maximum absolute atomic E-state index is 12.8. The van der Waals surface area contributed by atoms with Crippen molar-refractivity contribution < 1.29 is 19.2 Å². The third kappa shape index (κ3) is 4.50. The van der Waals surface area contributed by atoms with Crippen molar-refractivity contribution in [2.45, 2.75) is 71.9 Å². The number of rotatable bonds is 5. The van der Waals surface area contributed by atoms with Crippen molar-refractivity contribution in [2.24, 2.45) is 5.92 Å². The Morgan fingerprint density at radius 2 is 1.61 bits per heavy atom. The molecule has 4 amide bonds. The summed E-state index contributed by atoms with van der Waals surface area (Å²) in [6.07, 6.45) is 3.10. The van der Waals surface area contributed by atoms with Crippen LogP contribution < -0.4 is 5.32 Å². The van der Waals surface area contributed by atoms with Gasteiger partial charge in [0.25, 0.3) is 17.7 Å². The smallest absolute Gasteiger partial charge is 0.262 e. The lowest BCUT2D eigenvalue weighted by atomic mass is 9.98. The van der Waals surface area contributed by atoms with Crippen LogP contribution in [-0.2, 0) is 4.79 Å². The Labute approximate surface area is 184 Å². The van der Waals surface area contributed by atoms with E-state index < -0.39 is 5.54 Å². The van der Waals surface area contributed by atoms with Gasteiger partial charge in [0.15, 0.2) is 0 Å². The standard InChI is InChI=1S/C24H33N3O4/c1-6-15(7-2)21(29)26-12-10-17(11-13-26)25-20(28)16-8-9-18-19(14-16)23(31)27(22(18)30)24(3,4)5/h8-9,14-15,17H,6-7,10-13H2,1-5H3,(H,25,28). The summed E-state index contributed by atoms with van der Waals surface area (Å²) < 4.78 is 0. The van der Waals surface area contributed by atoms with Gasteiger partial charge < -0.3 is 10.2 Å². The Kier molecular flexibility index (Phi) is 6.53.